The zero-order valence-electron chi connectivity index (χ0n) is 17.2. The fourth-order valence-electron chi connectivity index (χ4n) is 3.03. The number of carbonyl (C=O) groups is 1. The maximum absolute atomic E-state index is 12.9. The molecule has 3 aromatic carbocycles. The van der Waals surface area contributed by atoms with E-state index in [4.69, 9.17) is 9.47 Å². The van der Waals surface area contributed by atoms with Gasteiger partial charge in [-0.25, -0.2) is 13.4 Å². The number of aromatic nitrogens is 1. The molecule has 1 amide bonds. The van der Waals surface area contributed by atoms with Crippen LogP contribution in [0, 0.1) is 0 Å². The molecule has 0 atom stereocenters. The summed E-state index contributed by atoms with van der Waals surface area (Å²) in [6.07, 6.45) is 0. The number of nitrogens with one attached hydrogen (secondary N) is 2. The van der Waals surface area contributed by atoms with Gasteiger partial charge in [-0.2, -0.15) is 0 Å². The smallest absolute Gasteiger partial charge is 0.261 e. The number of amides is 1. The Labute approximate surface area is 188 Å². The number of hydrogen-bond acceptors (Lipinski definition) is 7. The lowest BCUT2D eigenvalue weighted by molar-refractivity contribution is 0.102. The largest absolute Gasteiger partial charge is 0.497 e. The van der Waals surface area contributed by atoms with Crippen LogP contribution < -0.4 is 19.5 Å². The number of thiazole rings is 1. The van der Waals surface area contributed by atoms with Crippen molar-refractivity contribution in [2.75, 3.05) is 24.3 Å². The summed E-state index contributed by atoms with van der Waals surface area (Å²) in [4.78, 5) is 17.4. The first-order chi connectivity index (χ1) is 15.4. The Kier molecular flexibility index (Phi) is 5.97. The lowest BCUT2D eigenvalue weighted by atomic mass is 10.2. The third-order valence-corrected chi connectivity index (χ3v) is 6.93. The van der Waals surface area contributed by atoms with E-state index in [0.29, 0.717) is 22.1 Å². The molecule has 0 fully saturated rings. The second-order valence-corrected chi connectivity index (χ2v) is 9.32. The van der Waals surface area contributed by atoms with Gasteiger partial charge in [-0.15, -0.1) is 0 Å². The number of nitrogens with zero attached hydrogens (tertiary/aromatic N) is 1. The average Bonchev–Trinajstić information content (AvgIpc) is 3.21. The molecule has 8 nitrogen and oxygen atoms in total. The van der Waals surface area contributed by atoms with Gasteiger partial charge in [0.2, 0.25) is 0 Å². The van der Waals surface area contributed by atoms with E-state index in [9.17, 15) is 13.2 Å². The Morgan fingerprint density at radius 2 is 1.69 bits per heavy atom. The molecule has 164 valence electrons. The summed E-state index contributed by atoms with van der Waals surface area (Å²) in [7, 11) is -0.861. The quantitative estimate of drug-likeness (QED) is 0.416. The zero-order chi connectivity index (χ0) is 22.7. The molecule has 10 heteroatoms. The highest BCUT2D eigenvalue weighted by Crippen LogP contribution is 2.32. The lowest BCUT2D eigenvalue weighted by Crippen LogP contribution is -2.18. The van der Waals surface area contributed by atoms with Gasteiger partial charge in [-0.1, -0.05) is 29.5 Å². The predicted octanol–water partition coefficient (Wildman–Crippen LogP) is 4.37. The molecule has 1 aromatic heterocycles. The summed E-state index contributed by atoms with van der Waals surface area (Å²) in [5, 5.41) is 3.12. The average molecular weight is 470 g/mol. The van der Waals surface area contributed by atoms with Gasteiger partial charge >= 0.3 is 0 Å². The number of rotatable bonds is 7. The summed E-state index contributed by atoms with van der Waals surface area (Å²) < 4.78 is 39.3. The normalized spacial score (nSPS) is 11.2. The maximum atomic E-state index is 12.9. The van der Waals surface area contributed by atoms with Gasteiger partial charge in [0, 0.05) is 0 Å². The molecule has 0 aliphatic carbocycles. The highest BCUT2D eigenvalue weighted by atomic mass is 32.2. The first-order valence-corrected chi connectivity index (χ1v) is 11.7. The predicted molar refractivity (Wildman–Crippen MR) is 124 cm³/mol. The van der Waals surface area contributed by atoms with Gasteiger partial charge in [0.05, 0.1) is 35.1 Å². The van der Waals surface area contributed by atoms with E-state index in [0.717, 1.165) is 4.70 Å². The molecule has 0 radical (unpaired) electrons. The van der Waals surface area contributed by atoms with Crippen LogP contribution in [0.4, 0.5) is 10.8 Å². The minimum atomic E-state index is -3.91. The van der Waals surface area contributed by atoms with E-state index < -0.39 is 15.9 Å². The van der Waals surface area contributed by atoms with Crippen LogP contribution in [0.1, 0.15) is 10.4 Å². The monoisotopic (exact) mass is 469 g/mol. The van der Waals surface area contributed by atoms with Gasteiger partial charge in [0.1, 0.15) is 17.0 Å². The molecule has 0 unspecified atom stereocenters. The maximum Gasteiger partial charge on any atom is 0.261 e. The van der Waals surface area contributed by atoms with Crippen LogP contribution in [-0.4, -0.2) is 33.5 Å². The van der Waals surface area contributed by atoms with Crippen molar-refractivity contribution in [3.8, 4) is 11.5 Å². The molecule has 4 rings (SSSR count). The highest BCUT2D eigenvalue weighted by Gasteiger charge is 2.20. The molecule has 1 heterocycles. The summed E-state index contributed by atoms with van der Waals surface area (Å²) in [5.74, 6) is 0.652. The number of hydrogen-bond donors (Lipinski definition) is 2. The Hall–Kier alpha value is -3.63. The number of fused-ring (bicyclic) bond motifs is 1. The van der Waals surface area contributed by atoms with Crippen molar-refractivity contribution in [1.82, 2.24) is 4.98 Å². The molecule has 4 aromatic rings. The number of ether oxygens (including phenoxy) is 2. The molecular formula is C22H19N3O5S2. The number of methoxy groups -OCH3 is 2. The van der Waals surface area contributed by atoms with Gasteiger partial charge in [0.25, 0.3) is 15.9 Å². The van der Waals surface area contributed by atoms with E-state index in [1.807, 2.05) is 12.1 Å². The van der Waals surface area contributed by atoms with Gasteiger partial charge in [0.15, 0.2) is 5.13 Å². The van der Waals surface area contributed by atoms with E-state index in [2.05, 4.69) is 15.0 Å². The number of anilines is 2. The Morgan fingerprint density at radius 3 is 2.41 bits per heavy atom. The summed E-state index contributed by atoms with van der Waals surface area (Å²) in [5.41, 5.74) is 0.958. The van der Waals surface area contributed by atoms with Crippen LogP contribution >= 0.6 is 11.3 Å². The van der Waals surface area contributed by atoms with Crippen LogP contribution in [0.5, 0.6) is 11.5 Å². The number of para-hydroxylation sites is 2. The molecule has 0 aliphatic heterocycles. The molecular weight excluding hydrogens is 450 g/mol. The summed E-state index contributed by atoms with van der Waals surface area (Å²) in [6, 6.07) is 17.8. The van der Waals surface area contributed by atoms with Gasteiger partial charge in [-0.05, 0) is 48.5 Å². The fraction of sp³-hybridized carbons (Fsp3) is 0.0909. The van der Waals surface area contributed by atoms with Crippen molar-refractivity contribution in [3.05, 3.63) is 72.3 Å². The van der Waals surface area contributed by atoms with E-state index in [1.165, 1.54) is 42.7 Å². The molecule has 0 aliphatic rings. The third kappa shape index (κ3) is 4.36. The minimum absolute atomic E-state index is 0.0479. The molecule has 0 bridgehead atoms. The van der Waals surface area contributed by atoms with Gasteiger partial charge < -0.3 is 9.47 Å². The Balaban J connectivity index is 1.59. The molecule has 32 heavy (non-hydrogen) atoms. The minimum Gasteiger partial charge on any atom is -0.497 e. The first kappa shape index (κ1) is 21.6. The second-order valence-electron chi connectivity index (χ2n) is 6.61. The SMILES string of the molecule is COc1ccc(S(=O)(=O)Nc2ccccc2C(=O)Nc2nc3c(OC)cccc3s2)cc1. The van der Waals surface area contributed by atoms with Crippen LogP contribution in [0.2, 0.25) is 0 Å². The topological polar surface area (TPSA) is 107 Å². The Morgan fingerprint density at radius 1 is 0.938 bits per heavy atom. The van der Waals surface area contributed by atoms with Crippen molar-refractivity contribution in [3.63, 3.8) is 0 Å². The number of benzene rings is 3. The van der Waals surface area contributed by atoms with Crippen LogP contribution in [0.3, 0.4) is 0 Å². The third-order valence-electron chi connectivity index (χ3n) is 4.61. The van der Waals surface area contributed by atoms with Crippen molar-refractivity contribution in [2.45, 2.75) is 4.90 Å². The lowest BCUT2D eigenvalue weighted by Gasteiger charge is -2.12. The highest BCUT2D eigenvalue weighted by molar-refractivity contribution is 7.92. The van der Waals surface area contributed by atoms with Crippen molar-refractivity contribution >= 4 is 48.3 Å². The molecule has 0 spiro atoms. The van der Waals surface area contributed by atoms with E-state index in [-0.39, 0.29) is 16.1 Å². The molecule has 2 N–H and O–H groups in total. The number of sulfonamides is 1. The number of carbonyl (C=O) groups excluding carboxylic acids is 1. The summed E-state index contributed by atoms with van der Waals surface area (Å²) >= 11 is 1.30. The van der Waals surface area contributed by atoms with Crippen molar-refractivity contribution in [1.29, 1.82) is 0 Å². The van der Waals surface area contributed by atoms with E-state index in [1.54, 1.807) is 37.4 Å². The molecule has 0 saturated carbocycles. The molecule has 0 saturated heterocycles. The second kappa shape index (κ2) is 8.85. The van der Waals surface area contributed by atoms with E-state index >= 15 is 0 Å². The van der Waals surface area contributed by atoms with Gasteiger partial charge in [-0.3, -0.25) is 14.8 Å². The first-order valence-electron chi connectivity index (χ1n) is 9.42. The van der Waals surface area contributed by atoms with Crippen LogP contribution in [-0.2, 0) is 10.0 Å². The summed E-state index contributed by atoms with van der Waals surface area (Å²) in [6.45, 7) is 0. The van der Waals surface area contributed by atoms with Crippen molar-refractivity contribution in [2.24, 2.45) is 0 Å². The Bertz CT molecular complexity index is 1380. The zero-order valence-corrected chi connectivity index (χ0v) is 18.8. The standard InChI is InChI=1S/C22H19N3O5S2/c1-29-14-10-12-15(13-11-14)32(27,28)25-17-7-4-3-6-16(17)21(26)24-22-23-20-18(30-2)8-5-9-19(20)31-22/h3-13,25H,1-2H3,(H,23,24,26). The van der Waals surface area contributed by atoms with Crippen molar-refractivity contribution < 1.29 is 22.7 Å². The van der Waals surface area contributed by atoms with Crippen LogP contribution in [0.15, 0.2) is 71.6 Å². The van der Waals surface area contributed by atoms with Crippen LogP contribution in [0.25, 0.3) is 10.2 Å². The fourth-order valence-corrected chi connectivity index (χ4v) is 4.99.